The largest absolute Gasteiger partial charge is 0.457 e. The summed E-state index contributed by atoms with van der Waals surface area (Å²) in [5, 5.41) is 0. The highest BCUT2D eigenvalue weighted by Crippen LogP contribution is 2.48. The van der Waals surface area contributed by atoms with Gasteiger partial charge in [-0.3, -0.25) is 0 Å². The molecule has 9 rings (SSSR count). The Morgan fingerprint density at radius 1 is 0.311 bits per heavy atom. The lowest BCUT2D eigenvalue weighted by Crippen LogP contribution is -2.57. The van der Waals surface area contributed by atoms with Crippen LogP contribution in [0.25, 0.3) is 44.5 Å². The number of fused-ring (bicyclic) bond motifs is 4. The minimum atomic E-state index is -0.0825. The molecule has 3 heteroatoms. The Morgan fingerprint density at radius 2 is 0.667 bits per heavy atom. The topological polar surface area (TPSA) is 18.5 Å². The van der Waals surface area contributed by atoms with E-state index >= 15 is 0 Å². The highest BCUT2D eigenvalue weighted by molar-refractivity contribution is 6.98. The zero-order valence-corrected chi connectivity index (χ0v) is 24.5. The SMILES string of the molecule is c1ccc(-c2cccc3c2Oc2c(-c4ccccc4)cc(-c4ccccc4)c4c2B3c2cccc(-c3ccccc3)c2O4)cc1. The van der Waals surface area contributed by atoms with Crippen LogP contribution >= 0.6 is 0 Å². The maximum absolute atomic E-state index is 7.14. The first kappa shape index (κ1) is 25.7. The Bertz CT molecular complexity index is 2040. The van der Waals surface area contributed by atoms with Crippen LogP contribution in [0.1, 0.15) is 0 Å². The lowest BCUT2D eigenvalue weighted by Gasteiger charge is -2.36. The summed E-state index contributed by atoms with van der Waals surface area (Å²) < 4.78 is 14.3. The van der Waals surface area contributed by atoms with Crippen molar-refractivity contribution in [3.05, 3.63) is 164 Å². The van der Waals surface area contributed by atoms with Gasteiger partial charge >= 0.3 is 0 Å². The molecule has 0 saturated carbocycles. The molecule has 0 unspecified atom stereocenters. The van der Waals surface area contributed by atoms with Crippen molar-refractivity contribution in [1.29, 1.82) is 0 Å². The summed E-state index contributed by atoms with van der Waals surface area (Å²) in [7, 11) is 0. The van der Waals surface area contributed by atoms with E-state index in [-0.39, 0.29) is 6.71 Å². The van der Waals surface area contributed by atoms with Crippen molar-refractivity contribution in [3.63, 3.8) is 0 Å². The van der Waals surface area contributed by atoms with Gasteiger partial charge in [-0.15, -0.1) is 0 Å². The summed E-state index contributed by atoms with van der Waals surface area (Å²) in [6, 6.07) is 57.5. The van der Waals surface area contributed by atoms with Crippen LogP contribution in [-0.4, -0.2) is 6.71 Å². The van der Waals surface area contributed by atoms with E-state index in [0.29, 0.717) is 0 Å². The van der Waals surface area contributed by atoms with Gasteiger partial charge in [0.15, 0.2) is 0 Å². The molecule has 0 radical (unpaired) electrons. The van der Waals surface area contributed by atoms with E-state index in [1.165, 1.54) is 0 Å². The third-order valence-corrected chi connectivity index (χ3v) is 9.02. The van der Waals surface area contributed by atoms with Crippen LogP contribution < -0.4 is 25.9 Å². The summed E-state index contributed by atoms with van der Waals surface area (Å²) in [5.41, 5.74) is 12.1. The minimum absolute atomic E-state index is 0.0825. The molecule has 7 aromatic rings. The number of hydrogen-bond acceptors (Lipinski definition) is 2. The molecule has 0 atom stereocenters. The fraction of sp³-hybridized carbons (Fsp3) is 0. The molecule has 0 spiro atoms. The summed E-state index contributed by atoms with van der Waals surface area (Å²) in [6.45, 7) is -0.0825. The van der Waals surface area contributed by atoms with Crippen molar-refractivity contribution in [2.24, 2.45) is 0 Å². The molecule has 2 nitrogen and oxygen atoms in total. The van der Waals surface area contributed by atoms with E-state index in [1.54, 1.807) is 0 Å². The number of ether oxygens (including phenoxy) is 2. The molecule has 7 aromatic carbocycles. The van der Waals surface area contributed by atoms with E-state index in [2.05, 4.69) is 164 Å². The predicted molar refractivity (Wildman–Crippen MR) is 186 cm³/mol. The van der Waals surface area contributed by atoms with E-state index in [4.69, 9.17) is 9.47 Å². The second-order valence-electron chi connectivity index (χ2n) is 11.6. The predicted octanol–water partition coefficient (Wildman–Crippen LogP) is 9.08. The second-order valence-corrected chi connectivity index (χ2v) is 11.6. The van der Waals surface area contributed by atoms with Gasteiger partial charge in [-0.2, -0.15) is 0 Å². The molecule has 0 fully saturated rings. The maximum atomic E-state index is 7.14. The van der Waals surface area contributed by atoms with E-state index < -0.39 is 0 Å². The van der Waals surface area contributed by atoms with Crippen molar-refractivity contribution in [1.82, 2.24) is 0 Å². The highest BCUT2D eigenvalue weighted by atomic mass is 16.5. The van der Waals surface area contributed by atoms with Gasteiger partial charge in [0.1, 0.15) is 23.0 Å². The van der Waals surface area contributed by atoms with Crippen molar-refractivity contribution in [2.75, 3.05) is 0 Å². The lowest BCUT2D eigenvalue weighted by molar-refractivity contribution is 0.468. The monoisotopic (exact) mass is 574 g/mol. The molecule has 45 heavy (non-hydrogen) atoms. The Kier molecular flexibility index (Phi) is 5.95. The number of para-hydroxylation sites is 2. The molecule has 0 saturated heterocycles. The van der Waals surface area contributed by atoms with Crippen LogP contribution in [0.3, 0.4) is 0 Å². The quantitative estimate of drug-likeness (QED) is 0.195. The van der Waals surface area contributed by atoms with Crippen LogP contribution in [0.4, 0.5) is 0 Å². The molecule has 0 amide bonds. The normalized spacial score (nSPS) is 12.3. The molecule has 210 valence electrons. The molecule has 0 N–H and O–H groups in total. The second kappa shape index (κ2) is 10.4. The molecule has 2 aliphatic rings. The van der Waals surface area contributed by atoms with Gasteiger partial charge in [0.25, 0.3) is 6.71 Å². The van der Waals surface area contributed by atoms with Gasteiger partial charge in [0.05, 0.1) is 0 Å². The van der Waals surface area contributed by atoms with Gasteiger partial charge in [0, 0.05) is 27.7 Å². The van der Waals surface area contributed by atoms with Crippen LogP contribution in [-0.2, 0) is 0 Å². The van der Waals surface area contributed by atoms with Crippen LogP contribution in [0, 0.1) is 0 Å². The van der Waals surface area contributed by atoms with Crippen molar-refractivity contribution in [3.8, 4) is 67.5 Å². The summed E-state index contributed by atoms with van der Waals surface area (Å²) >= 11 is 0. The van der Waals surface area contributed by atoms with Crippen LogP contribution in [0.5, 0.6) is 23.0 Å². The van der Waals surface area contributed by atoms with Crippen molar-refractivity contribution < 1.29 is 9.47 Å². The van der Waals surface area contributed by atoms with Crippen LogP contribution in [0.15, 0.2) is 164 Å². The Morgan fingerprint density at radius 3 is 1.04 bits per heavy atom. The van der Waals surface area contributed by atoms with Gasteiger partial charge < -0.3 is 9.47 Å². The van der Waals surface area contributed by atoms with Gasteiger partial charge in [-0.05, 0) is 39.2 Å². The molecule has 0 bridgehead atoms. The third-order valence-electron chi connectivity index (χ3n) is 9.02. The maximum Gasteiger partial charge on any atom is 0.260 e. The average Bonchev–Trinajstić information content (AvgIpc) is 3.12. The van der Waals surface area contributed by atoms with Crippen molar-refractivity contribution >= 4 is 23.1 Å². The summed E-state index contributed by atoms with van der Waals surface area (Å²) in [6.07, 6.45) is 0. The molecule has 0 aliphatic carbocycles. The Labute approximate surface area is 263 Å². The number of rotatable bonds is 4. The standard InChI is InChI=1S/C42H27BO2/c1-5-15-28(16-6-1)32-23-13-25-36-39(32)44-41-34(30-19-9-3-10-20-30)27-35(31-21-11-4-12-22-31)42-38(41)43(36)37-26-14-24-33(40(37)45-42)29-17-7-2-8-18-29/h1-27H. The van der Waals surface area contributed by atoms with E-state index in [0.717, 1.165) is 83.9 Å². The minimum Gasteiger partial charge on any atom is -0.457 e. The van der Waals surface area contributed by atoms with E-state index in [9.17, 15) is 0 Å². The zero-order chi connectivity index (χ0) is 29.7. The Balaban J connectivity index is 1.40. The third kappa shape index (κ3) is 4.12. The smallest absolute Gasteiger partial charge is 0.260 e. The first-order valence-electron chi connectivity index (χ1n) is 15.4. The summed E-state index contributed by atoms with van der Waals surface area (Å²) in [4.78, 5) is 0. The van der Waals surface area contributed by atoms with Gasteiger partial charge in [-0.1, -0.05) is 158 Å². The zero-order valence-electron chi connectivity index (χ0n) is 24.5. The summed E-state index contributed by atoms with van der Waals surface area (Å²) in [5.74, 6) is 3.50. The molecule has 2 heterocycles. The van der Waals surface area contributed by atoms with Crippen LogP contribution in [0.2, 0.25) is 0 Å². The average molecular weight is 574 g/mol. The fourth-order valence-corrected chi connectivity index (χ4v) is 6.98. The molecule has 2 aliphatic heterocycles. The number of benzene rings is 7. The highest BCUT2D eigenvalue weighted by Gasteiger charge is 2.44. The fourth-order valence-electron chi connectivity index (χ4n) is 6.98. The molecule has 0 aromatic heterocycles. The van der Waals surface area contributed by atoms with Gasteiger partial charge in [0.2, 0.25) is 0 Å². The first-order valence-corrected chi connectivity index (χ1v) is 15.4. The Hall–Kier alpha value is -5.80. The first-order chi connectivity index (χ1) is 22.3. The van der Waals surface area contributed by atoms with E-state index in [1.807, 2.05) is 0 Å². The molecular formula is C42H27BO2. The number of hydrogen-bond donors (Lipinski definition) is 0. The van der Waals surface area contributed by atoms with Crippen molar-refractivity contribution in [2.45, 2.75) is 0 Å². The lowest BCUT2D eigenvalue weighted by atomic mass is 9.34. The van der Waals surface area contributed by atoms with Gasteiger partial charge in [-0.25, -0.2) is 0 Å². The molecular weight excluding hydrogens is 547 g/mol.